The Morgan fingerprint density at radius 1 is 1.38 bits per heavy atom. The molecular weight excluding hydrogens is 202 g/mol. The highest BCUT2D eigenvalue weighted by Gasteiger charge is 2.32. The predicted molar refractivity (Wildman–Crippen MR) is 66.1 cm³/mol. The van der Waals surface area contributed by atoms with Crippen LogP contribution in [0.1, 0.15) is 34.1 Å². The summed E-state index contributed by atoms with van der Waals surface area (Å²) in [5.41, 5.74) is 6.03. The van der Waals surface area contributed by atoms with Crippen molar-refractivity contribution in [3.63, 3.8) is 0 Å². The van der Waals surface area contributed by atoms with Crippen LogP contribution in [0.15, 0.2) is 0 Å². The van der Waals surface area contributed by atoms with Gasteiger partial charge in [0, 0.05) is 31.6 Å². The minimum Gasteiger partial charge on any atom is -0.350 e. The number of likely N-dealkylation sites (tertiary alicyclic amines) is 1. The van der Waals surface area contributed by atoms with Crippen LogP contribution < -0.4 is 11.1 Å². The van der Waals surface area contributed by atoms with E-state index in [0.29, 0.717) is 18.4 Å². The molecule has 2 unspecified atom stereocenters. The Balaban J connectivity index is 2.41. The number of nitrogens with two attached hydrogens (primary N) is 1. The molecular formula is C12H25N3O. The van der Waals surface area contributed by atoms with E-state index < -0.39 is 0 Å². The summed E-state index contributed by atoms with van der Waals surface area (Å²) in [6.07, 6.45) is 0.588. The van der Waals surface area contributed by atoms with Crippen LogP contribution in [0.3, 0.4) is 0 Å². The third-order valence-electron chi connectivity index (χ3n) is 3.06. The monoisotopic (exact) mass is 227 g/mol. The van der Waals surface area contributed by atoms with Gasteiger partial charge in [0.15, 0.2) is 0 Å². The van der Waals surface area contributed by atoms with Crippen LogP contribution in [0.5, 0.6) is 0 Å². The van der Waals surface area contributed by atoms with Crippen molar-refractivity contribution in [2.45, 2.75) is 52.2 Å². The lowest BCUT2D eigenvalue weighted by molar-refractivity contribution is -0.122. The molecule has 0 aromatic heterocycles. The third kappa shape index (κ3) is 3.76. The van der Waals surface area contributed by atoms with Gasteiger partial charge in [-0.05, 0) is 19.8 Å². The molecule has 1 rings (SSSR count). The van der Waals surface area contributed by atoms with Gasteiger partial charge in [-0.25, -0.2) is 0 Å². The largest absolute Gasteiger partial charge is 0.350 e. The third-order valence-corrected chi connectivity index (χ3v) is 3.06. The van der Waals surface area contributed by atoms with Crippen molar-refractivity contribution >= 4 is 5.91 Å². The predicted octanol–water partition coefficient (Wildman–Crippen LogP) is 0.569. The standard InChI is InChI=1S/C12H25N3O/c1-8(2)5-12(16)14-11-7-15(9(3)4)6-10(11)13/h8-11H,5-7,13H2,1-4H3,(H,14,16). The van der Waals surface area contributed by atoms with Crippen LogP contribution >= 0.6 is 0 Å². The summed E-state index contributed by atoms with van der Waals surface area (Å²) in [6.45, 7) is 10.2. The van der Waals surface area contributed by atoms with E-state index in [0.717, 1.165) is 13.1 Å². The van der Waals surface area contributed by atoms with E-state index in [1.54, 1.807) is 0 Å². The van der Waals surface area contributed by atoms with Crippen molar-refractivity contribution in [1.29, 1.82) is 0 Å². The van der Waals surface area contributed by atoms with Crippen molar-refractivity contribution in [3.8, 4) is 0 Å². The summed E-state index contributed by atoms with van der Waals surface area (Å²) < 4.78 is 0. The molecule has 1 saturated heterocycles. The van der Waals surface area contributed by atoms with Gasteiger partial charge in [0.05, 0.1) is 6.04 Å². The highest BCUT2D eigenvalue weighted by atomic mass is 16.1. The van der Waals surface area contributed by atoms with Crippen LogP contribution in [-0.4, -0.2) is 42.0 Å². The summed E-state index contributed by atoms with van der Waals surface area (Å²) in [5.74, 6) is 0.528. The fraction of sp³-hybridized carbons (Fsp3) is 0.917. The number of nitrogens with zero attached hydrogens (tertiary/aromatic N) is 1. The Morgan fingerprint density at radius 3 is 2.44 bits per heavy atom. The molecule has 2 atom stereocenters. The first-order chi connectivity index (χ1) is 7.40. The maximum atomic E-state index is 11.6. The Bertz CT molecular complexity index is 240. The Hall–Kier alpha value is -0.610. The molecule has 1 amide bonds. The normalized spacial score (nSPS) is 26.7. The number of carbonyl (C=O) groups excluding carboxylic acids is 1. The number of hydrogen-bond donors (Lipinski definition) is 2. The Labute approximate surface area is 98.6 Å². The first-order valence-electron chi connectivity index (χ1n) is 6.19. The van der Waals surface area contributed by atoms with E-state index in [2.05, 4.69) is 37.9 Å². The fourth-order valence-corrected chi connectivity index (χ4v) is 2.07. The first-order valence-corrected chi connectivity index (χ1v) is 6.19. The number of hydrogen-bond acceptors (Lipinski definition) is 3. The highest BCUT2D eigenvalue weighted by Crippen LogP contribution is 2.12. The molecule has 4 heteroatoms. The Morgan fingerprint density at radius 2 is 2.00 bits per heavy atom. The van der Waals surface area contributed by atoms with Gasteiger partial charge < -0.3 is 11.1 Å². The molecule has 4 nitrogen and oxygen atoms in total. The fourth-order valence-electron chi connectivity index (χ4n) is 2.07. The molecule has 3 N–H and O–H groups in total. The minimum absolute atomic E-state index is 0.0681. The van der Waals surface area contributed by atoms with Crippen molar-refractivity contribution < 1.29 is 4.79 Å². The van der Waals surface area contributed by atoms with Crippen molar-refractivity contribution in [3.05, 3.63) is 0 Å². The zero-order chi connectivity index (χ0) is 12.3. The van der Waals surface area contributed by atoms with E-state index in [1.807, 2.05) is 0 Å². The molecule has 1 heterocycles. The van der Waals surface area contributed by atoms with Gasteiger partial charge in [-0.1, -0.05) is 13.8 Å². The van der Waals surface area contributed by atoms with Crippen LogP contribution in [0.25, 0.3) is 0 Å². The maximum Gasteiger partial charge on any atom is 0.220 e. The summed E-state index contributed by atoms with van der Waals surface area (Å²) in [5, 5.41) is 3.04. The number of rotatable bonds is 4. The first kappa shape index (κ1) is 13.5. The highest BCUT2D eigenvalue weighted by molar-refractivity contribution is 5.76. The van der Waals surface area contributed by atoms with E-state index in [4.69, 9.17) is 5.73 Å². The number of amides is 1. The van der Waals surface area contributed by atoms with E-state index in [-0.39, 0.29) is 18.0 Å². The van der Waals surface area contributed by atoms with Gasteiger partial charge in [-0.2, -0.15) is 0 Å². The lowest BCUT2D eigenvalue weighted by Crippen LogP contribution is -2.46. The average Bonchev–Trinajstić information content (AvgIpc) is 2.46. The van der Waals surface area contributed by atoms with E-state index >= 15 is 0 Å². The van der Waals surface area contributed by atoms with Crippen LogP contribution in [0, 0.1) is 5.92 Å². The molecule has 1 aliphatic rings. The van der Waals surface area contributed by atoms with Gasteiger partial charge in [-0.3, -0.25) is 9.69 Å². The number of carbonyl (C=O) groups is 1. The summed E-state index contributed by atoms with van der Waals surface area (Å²) in [7, 11) is 0. The zero-order valence-corrected chi connectivity index (χ0v) is 10.9. The molecule has 0 aromatic carbocycles. The van der Waals surface area contributed by atoms with Gasteiger partial charge >= 0.3 is 0 Å². The molecule has 0 aliphatic carbocycles. The molecule has 1 fully saturated rings. The molecule has 16 heavy (non-hydrogen) atoms. The quantitative estimate of drug-likeness (QED) is 0.738. The van der Waals surface area contributed by atoms with Crippen molar-refractivity contribution in [2.24, 2.45) is 11.7 Å². The average molecular weight is 227 g/mol. The maximum absolute atomic E-state index is 11.6. The topological polar surface area (TPSA) is 58.4 Å². The molecule has 0 bridgehead atoms. The molecule has 0 spiro atoms. The van der Waals surface area contributed by atoms with Gasteiger partial charge in [0.1, 0.15) is 0 Å². The molecule has 0 radical (unpaired) electrons. The minimum atomic E-state index is 0.0681. The van der Waals surface area contributed by atoms with Crippen LogP contribution in [0.4, 0.5) is 0 Å². The van der Waals surface area contributed by atoms with Gasteiger partial charge in [0.25, 0.3) is 0 Å². The zero-order valence-electron chi connectivity index (χ0n) is 10.9. The van der Waals surface area contributed by atoms with E-state index in [1.165, 1.54) is 0 Å². The smallest absolute Gasteiger partial charge is 0.220 e. The molecule has 0 aromatic rings. The second kappa shape index (κ2) is 5.64. The van der Waals surface area contributed by atoms with Crippen molar-refractivity contribution in [1.82, 2.24) is 10.2 Å². The lowest BCUT2D eigenvalue weighted by Gasteiger charge is -2.20. The van der Waals surface area contributed by atoms with Crippen molar-refractivity contribution in [2.75, 3.05) is 13.1 Å². The van der Waals surface area contributed by atoms with Gasteiger partial charge in [-0.15, -0.1) is 0 Å². The summed E-state index contributed by atoms with van der Waals surface area (Å²) >= 11 is 0. The Kier molecular flexibility index (Phi) is 4.74. The van der Waals surface area contributed by atoms with E-state index in [9.17, 15) is 4.79 Å². The SMILES string of the molecule is CC(C)CC(=O)NC1CN(C(C)C)CC1N. The van der Waals surface area contributed by atoms with Gasteiger partial charge in [0.2, 0.25) is 5.91 Å². The van der Waals surface area contributed by atoms with Crippen LogP contribution in [0.2, 0.25) is 0 Å². The summed E-state index contributed by atoms with van der Waals surface area (Å²) in [4.78, 5) is 14.0. The second-order valence-electron chi connectivity index (χ2n) is 5.48. The molecule has 94 valence electrons. The molecule has 1 aliphatic heterocycles. The molecule has 0 saturated carbocycles. The summed E-state index contributed by atoms with van der Waals surface area (Å²) in [6, 6.07) is 0.685. The second-order valence-corrected chi connectivity index (χ2v) is 5.48. The number of nitrogens with one attached hydrogen (secondary N) is 1. The lowest BCUT2D eigenvalue weighted by atomic mass is 10.1. The van der Waals surface area contributed by atoms with Crippen LogP contribution in [-0.2, 0) is 4.79 Å².